The second kappa shape index (κ2) is 4.22. The van der Waals surface area contributed by atoms with Gasteiger partial charge in [0.05, 0.1) is 5.92 Å². The molecule has 4 nitrogen and oxygen atoms in total. The molecule has 0 aromatic carbocycles. The van der Waals surface area contributed by atoms with E-state index in [0.29, 0.717) is 12.3 Å². The monoisotopic (exact) mass is 265 g/mol. The van der Waals surface area contributed by atoms with Crippen molar-refractivity contribution in [3.8, 4) is 0 Å². The molecule has 2 saturated heterocycles. The normalized spacial score (nSPS) is 49.7. The molecule has 1 saturated carbocycles. The first-order valence-electron chi connectivity index (χ1n) is 7.42. The lowest BCUT2D eigenvalue weighted by atomic mass is 9.58. The molecule has 0 bridgehead atoms. The third-order valence-electron chi connectivity index (χ3n) is 5.75. The maximum absolute atomic E-state index is 11.9. The maximum Gasteiger partial charge on any atom is 0.309 e. The second-order valence-electron chi connectivity index (χ2n) is 6.93. The van der Waals surface area contributed by atoms with Crippen LogP contribution in [0.25, 0.3) is 0 Å². The Morgan fingerprint density at radius 1 is 1.26 bits per heavy atom. The summed E-state index contributed by atoms with van der Waals surface area (Å²) in [6.07, 6.45) is 3.64. The first kappa shape index (κ1) is 12.9. The highest BCUT2D eigenvalue weighted by Gasteiger charge is 2.56. The van der Waals surface area contributed by atoms with E-state index in [0.717, 1.165) is 19.3 Å². The summed E-state index contributed by atoms with van der Waals surface area (Å²) in [5.74, 6) is 0.689. The van der Waals surface area contributed by atoms with E-state index in [9.17, 15) is 9.59 Å². The van der Waals surface area contributed by atoms with E-state index in [1.807, 2.05) is 6.92 Å². The minimum absolute atomic E-state index is 0.00495. The summed E-state index contributed by atoms with van der Waals surface area (Å²) in [5.41, 5.74) is 0.115. The molecule has 4 heteroatoms. The molecule has 0 radical (unpaired) electrons. The zero-order chi connectivity index (χ0) is 13.8. The van der Waals surface area contributed by atoms with Crippen LogP contribution in [0.5, 0.6) is 0 Å². The quantitative estimate of drug-likeness (QED) is 0.680. The Morgan fingerprint density at radius 3 is 2.74 bits per heavy atom. The fourth-order valence-electron chi connectivity index (χ4n) is 4.60. The van der Waals surface area contributed by atoms with Crippen LogP contribution in [0.1, 0.15) is 46.5 Å². The fraction of sp³-hybridized carbons (Fsp3) is 0.867. The fourth-order valence-corrected chi connectivity index (χ4v) is 4.60. The van der Waals surface area contributed by atoms with E-state index in [1.165, 1.54) is 0 Å². The second-order valence-corrected chi connectivity index (χ2v) is 6.93. The van der Waals surface area contributed by atoms with E-state index in [-0.39, 0.29) is 41.3 Å². The number of esters is 1. The van der Waals surface area contributed by atoms with Crippen molar-refractivity contribution in [2.75, 3.05) is 0 Å². The number of carbonyl (C=O) groups excluding carboxylic acids is 2. The maximum atomic E-state index is 11.9. The lowest BCUT2D eigenvalue weighted by Gasteiger charge is -2.48. The summed E-state index contributed by atoms with van der Waals surface area (Å²) >= 11 is 0. The van der Waals surface area contributed by atoms with Gasteiger partial charge in [0.1, 0.15) is 6.10 Å². The zero-order valence-corrected chi connectivity index (χ0v) is 11.9. The summed E-state index contributed by atoms with van der Waals surface area (Å²) in [5, 5.41) is 3.08. The summed E-state index contributed by atoms with van der Waals surface area (Å²) < 4.78 is 5.68. The van der Waals surface area contributed by atoms with Crippen LogP contribution in [-0.2, 0) is 14.3 Å². The summed E-state index contributed by atoms with van der Waals surface area (Å²) in [6.45, 7) is 6.31. The average Bonchev–Trinajstić information content (AvgIpc) is 2.55. The van der Waals surface area contributed by atoms with Crippen molar-refractivity contribution in [2.24, 2.45) is 23.2 Å². The Labute approximate surface area is 114 Å². The van der Waals surface area contributed by atoms with Gasteiger partial charge in [-0.1, -0.05) is 13.8 Å². The Kier molecular flexibility index (Phi) is 2.88. The van der Waals surface area contributed by atoms with Gasteiger partial charge >= 0.3 is 5.97 Å². The van der Waals surface area contributed by atoms with Crippen molar-refractivity contribution in [1.82, 2.24) is 5.32 Å². The van der Waals surface area contributed by atoms with E-state index >= 15 is 0 Å². The Bertz CT molecular complexity index is 422. The number of hydrogen-bond acceptors (Lipinski definition) is 3. The van der Waals surface area contributed by atoms with Gasteiger partial charge in [0.15, 0.2) is 0 Å². The third kappa shape index (κ3) is 1.87. The van der Waals surface area contributed by atoms with E-state index in [4.69, 9.17) is 4.74 Å². The number of nitrogens with one attached hydrogen (secondary N) is 1. The van der Waals surface area contributed by atoms with E-state index < -0.39 is 0 Å². The molecule has 3 unspecified atom stereocenters. The molecule has 1 amide bonds. The van der Waals surface area contributed by atoms with Crippen LogP contribution in [0.2, 0.25) is 0 Å². The Morgan fingerprint density at radius 2 is 2.00 bits per heavy atom. The van der Waals surface area contributed by atoms with Crippen LogP contribution in [0.3, 0.4) is 0 Å². The van der Waals surface area contributed by atoms with Crippen molar-refractivity contribution in [2.45, 2.75) is 58.6 Å². The summed E-state index contributed by atoms with van der Waals surface area (Å²) in [4.78, 5) is 23.6. The van der Waals surface area contributed by atoms with Crippen LogP contribution in [0.4, 0.5) is 0 Å². The number of hydrogen-bond donors (Lipinski definition) is 1. The van der Waals surface area contributed by atoms with Gasteiger partial charge in [-0.3, -0.25) is 9.59 Å². The van der Waals surface area contributed by atoms with Gasteiger partial charge in [-0.25, -0.2) is 0 Å². The number of carbonyl (C=O) groups is 2. The number of rotatable bonds is 0. The molecule has 3 aliphatic rings. The first-order valence-corrected chi connectivity index (χ1v) is 7.42. The molecule has 3 fully saturated rings. The topological polar surface area (TPSA) is 55.4 Å². The molecule has 0 aromatic rings. The highest BCUT2D eigenvalue weighted by Crippen LogP contribution is 2.53. The number of fused-ring (bicyclic) bond motifs is 3. The van der Waals surface area contributed by atoms with Gasteiger partial charge in [-0.2, -0.15) is 0 Å². The standard InChI is InChI=1S/C15H23NO3/c1-8-10-4-6-15(3)7-5-11(17)16-9(2)12(15)13(10)19-14(8)18/h8-10,12-13H,4-7H2,1-3H3,(H,16,17)/t8-,9-,10?,12?,13-,15?/m0/s1. The lowest BCUT2D eigenvalue weighted by Crippen LogP contribution is -2.52. The average molecular weight is 265 g/mol. The largest absolute Gasteiger partial charge is 0.461 e. The summed E-state index contributed by atoms with van der Waals surface area (Å²) in [7, 11) is 0. The predicted molar refractivity (Wildman–Crippen MR) is 70.2 cm³/mol. The van der Waals surface area contributed by atoms with Crippen molar-refractivity contribution in [3.63, 3.8) is 0 Å². The van der Waals surface area contributed by atoms with Crippen molar-refractivity contribution in [1.29, 1.82) is 0 Å². The van der Waals surface area contributed by atoms with Crippen LogP contribution in [-0.4, -0.2) is 24.0 Å². The zero-order valence-electron chi connectivity index (χ0n) is 11.9. The van der Waals surface area contributed by atoms with E-state index in [2.05, 4.69) is 19.2 Å². The van der Waals surface area contributed by atoms with Gasteiger partial charge in [0.2, 0.25) is 5.91 Å². The molecule has 106 valence electrons. The van der Waals surface area contributed by atoms with Crippen LogP contribution in [0.15, 0.2) is 0 Å². The van der Waals surface area contributed by atoms with Gasteiger partial charge in [-0.15, -0.1) is 0 Å². The van der Waals surface area contributed by atoms with Crippen LogP contribution < -0.4 is 5.32 Å². The first-order chi connectivity index (χ1) is 8.92. The molecule has 19 heavy (non-hydrogen) atoms. The highest BCUT2D eigenvalue weighted by molar-refractivity contribution is 5.77. The molecule has 1 aliphatic carbocycles. The smallest absolute Gasteiger partial charge is 0.309 e. The predicted octanol–water partition coefficient (Wildman–Crippen LogP) is 1.88. The van der Waals surface area contributed by atoms with Crippen LogP contribution >= 0.6 is 0 Å². The Balaban J connectivity index is 1.95. The van der Waals surface area contributed by atoms with Crippen molar-refractivity contribution < 1.29 is 14.3 Å². The van der Waals surface area contributed by atoms with Crippen LogP contribution in [0, 0.1) is 23.2 Å². The molecule has 0 spiro atoms. The number of amides is 1. The van der Waals surface area contributed by atoms with Crippen molar-refractivity contribution >= 4 is 11.9 Å². The molecule has 6 atom stereocenters. The molecule has 3 rings (SSSR count). The molecule has 2 aliphatic heterocycles. The lowest BCUT2D eigenvalue weighted by molar-refractivity contribution is -0.149. The minimum Gasteiger partial charge on any atom is -0.461 e. The molecule has 0 aromatic heterocycles. The van der Waals surface area contributed by atoms with Gasteiger partial charge in [0, 0.05) is 24.3 Å². The SMILES string of the molecule is C[C@@H]1NC(=O)CCC2(C)CCC3[C@H](OC(=O)[C@H]3C)C12. The number of ether oxygens (including phenoxy) is 1. The van der Waals surface area contributed by atoms with Gasteiger partial charge in [0.25, 0.3) is 0 Å². The molecule has 1 N–H and O–H groups in total. The molecular formula is C15H23NO3. The summed E-state index contributed by atoms with van der Waals surface area (Å²) in [6, 6.07) is 0.0888. The van der Waals surface area contributed by atoms with E-state index in [1.54, 1.807) is 0 Å². The molecular weight excluding hydrogens is 242 g/mol. The van der Waals surface area contributed by atoms with Gasteiger partial charge < -0.3 is 10.1 Å². The van der Waals surface area contributed by atoms with Crippen molar-refractivity contribution in [3.05, 3.63) is 0 Å². The Hall–Kier alpha value is -1.06. The van der Waals surface area contributed by atoms with Gasteiger partial charge in [-0.05, 0) is 31.6 Å². The molecule has 2 heterocycles. The minimum atomic E-state index is -0.0537. The third-order valence-corrected chi connectivity index (χ3v) is 5.75. The highest BCUT2D eigenvalue weighted by atomic mass is 16.6.